The minimum atomic E-state index is -6.22. The number of nitrogens with zero attached hydrogens (tertiary/aromatic N) is 2. The number of epoxide rings is 4. The maximum absolute atomic E-state index is 16.5. The van der Waals surface area contributed by atoms with Crippen LogP contribution in [0.2, 0.25) is 0 Å². The molecule has 6 aliphatic heterocycles. The van der Waals surface area contributed by atoms with E-state index in [1.165, 1.54) is 97.1 Å². The number of phenols is 2. The Balaban J connectivity index is 0.994. The van der Waals surface area contributed by atoms with E-state index in [-0.39, 0.29) is 179 Å². The number of carbonyl (C=O) groups is 6. The van der Waals surface area contributed by atoms with Crippen molar-refractivity contribution in [2.45, 2.75) is 86.9 Å². The lowest BCUT2D eigenvalue weighted by molar-refractivity contribution is -0.257. The predicted molar refractivity (Wildman–Crippen MR) is 395 cm³/mol. The van der Waals surface area contributed by atoms with E-state index < -0.39 is 125 Å². The molecule has 602 valence electrons. The van der Waals surface area contributed by atoms with Crippen LogP contribution in [0, 0.1) is 0 Å². The zero-order valence-electron chi connectivity index (χ0n) is 60.9. The Morgan fingerprint density at radius 2 is 0.650 bits per heavy atom. The molecule has 11 aromatic carbocycles. The Bertz CT molecular complexity index is 5390. The number of amides is 6. The van der Waals surface area contributed by atoms with Gasteiger partial charge in [-0.2, -0.15) is 39.5 Å². The molecule has 0 saturated carbocycles. The quantitative estimate of drug-likeness (QED) is 0.0107. The molecule has 24 nitrogen and oxygen atoms in total. The van der Waals surface area contributed by atoms with E-state index in [1.807, 2.05) is 5.32 Å². The summed E-state index contributed by atoms with van der Waals surface area (Å²) in [6.45, 7) is 2.47. The van der Waals surface area contributed by atoms with Gasteiger partial charge in [-0.05, 0) is 115 Å². The number of hydrogen-bond donors (Lipinski definition) is 4. The van der Waals surface area contributed by atoms with E-state index >= 15 is 19.2 Å². The lowest BCUT2D eigenvalue weighted by Crippen LogP contribution is -2.61. The van der Waals surface area contributed by atoms with Crippen molar-refractivity contribution in [2.75, 3.05) is 52.9 Å². The largest absolute Gasteiger partial charge is 0.508 e. The summed E-state index contributed by atoms with van der Waals surface area (Å²) in [7, 11) is 0. The van der Waals surface area contributed by atoms with Crippen LogP contribution in [-0.2, 0) is 41.4 Å². The highest BCUT2D eigenvalue weighted by Crippen LogP contribution is 2.59. The first-order valence-corrected chi connectivity index (χ1v) is 36.6. The van der Waals surface area contributed by atoms with Crippen LogP contribution in [0.1, 0.15) is 59.5 Å². The first kappa shape index (κ1) is 76.8. The second-order valence-corrected chi connectivity index (χ2v) is 28.6. The van der Waals surface area contributed by atoms with Crippen molar-refractivity contribution >= 4 is 78.5 Å². The van der Waals surface area contributed by atoms with Crippen molar-refractivity contribution in [1.29, 1.82) is 0 Å². The molecule has 6 heterocycles. The van der Waals surface area contributed by atoms with E-state index in [0.29, 0.717) is 38.3 Å². The van der Waals surface area contributed by atoms with Crippen LogP contribution in [0.3, 0.4) is 0 Å². The van der Waals surface area contributed by atoms with Gasteiger partial charge in [-0.3, -0.25) is 38.6 Å². The third-order valence-corrected chi connectivity index (χ3v) is 20.2. The second-order valence-electron chi connectivity index (χ2n) is 28.6. The van der Waals surface area contributed by atoms with Crippen LogP contribution in [0.25, 0.3) is 43.1 Å². The topological polar surface area (TPSA) is 297 Å². The molecule has 0 radical (unpaired) electrons. The van der Waals surface area contributed by atoms with Crippen molar-refractivity contribution in [2.24, 2.45) is 0 Å². The fourth-order valence-corrected chi connectivity index (χ4v) is 14.2. The molecule has 0 bridgehead atoms. The highest BCUT2D eigenvalue weighted by molar-refractivity contribution is 6.45. The van der Waals surface area contributed by atoms with Crippen LogP contribution >= 0.6 is 0 Å². The number of alkyl halides is 9. The standard InChI is InChI=1S/C84H63F9N4O20/c1-40(82(85,86)87)94-75(100)61(22-41-14-18-43(98)19-15-41)96-77(102)57-28-63(114-49-10-2-6-45(24-49)106-32-53-36-110-53)69-71-65(116-51-12-4-8-47(26-51)108-34-55-38-112-55)30-59-68-60(80(105)97(79(59)104)62(23-42-16-20-44(99)21-17-42)76(101)95-81(83(88,89)90)84(91,92)93)31-66(117-52-13-5-9-48(27-52)109-35-56-39-113-56)72(74(68)71)70-64(29-58(78(96)103)67(57)73(69)70)115-50-11-3-7-46(25-50)107-33-54-37-111-54/h2-21,24-31,40,53-56,61-62,81,98-99H,22-23,32-39H2,1H3,(H,94,100)(H,95,101). The van der Waals surface area contributed by atoms with Crippen molar-refractivity contribution in [3.8, 4) is 80.5 Å². The molecule has 0 spiro atoms. The van der Waals surface area contributed by atoms with E-state index in [4.69, 9.17) is 56.8 Å². The number of carbonyl (C=O) groups excluding carboxylic acids is 6. The smallest absolute Gasteiger partial charge is 0.417 e. The first-order valence-electron chi connectivity index (χ1n) is 36.6. The Kier molecular flexibility index (Phi) is 19.7. The van der Waals surface area contributed by atoms with Gasteiger partial charge in [-0.15, -0.1) is 0 Å². The van der Waals surface area contributed by atoms with Gasteiger partial charge < -0.3 is 77.7 Å². The Hall–Kier alpha value is -12.9. The van der Waals surface area contributed by atoms with Gasteiger partial charge in [0.25, 0.3) is 23.6 Å². The van der Waals surface area contributed by atoms with Gasteiger partial charge in [0.2, 0.25) is 17.9 Å². The lowest BCUT2D eigenvalue weighted by atomic mass is 9.80. The number of benzene rings is 11. The van der Waals surface area contributed by atoms with Gasteiger partial charge in [0, 0.05) is 80.2 Å². The molecule has 6 aliphatic rings. The van der Waals surface area contributed by atoms with Crippen molar-refractivity contribution in [3.63, 3.8) is 0 Å². The molecular weight excluding hydrogens is 1560 g/mol. The number of nitrogens with one attached hydrogen (secondary N) is 2. The number of phenolic OH excluding ortho intramolecular Hbond substituents is 2. The number of aromatic hydroxyl groups is 2. The summed E-state index contributed by atoms with van der Waals surface area (Å²) in [6.07, 6.45) is -20.3. The van der Waals surface area contributed by atoms with Gasteiger partial charge in [0.05, 0.1) is 48.7 Å². The average Bonchev–Trinajstić information content (AvgIpc) is 0.690. The maximum atomic E-state index is 16.5. The number of hydrogen-bond acceptors (Lipinski definition) is 20. The van der Waals surface area contributed by atoms with E-state index in [1.54, 1.807) is 36.4 Å². The normalized spacial score (nSPS) is 18.2. The molecule has 0 aromatic heterocycles. The van der Waals surface area contributed by atoms with Crippen LogP contribution in [0.4, 0.5) is 39.5 Å². The van der Waals surface area contributed by atoms with Crippen LogP contribution in [0.15, 0.2) is 170 Å². The summed E-state index contributed by atoms with van der Waals surface area (Å²) in [5.41, 5.74) is -2.08. The van der Waals surface area contributed by atoms with Crippen LogP contribution in [0.5, 0.6) is 80.5 Å². The number of imide groups is 2. The van der Waals surface area contributed by atoms with Crippen LogP contribution in [-0.4, -0.2) is 175 Å². The molecule has 33 heteroatoms. The van der Waals surface area contributed by atoms with Crippen molar-refractivity contribution in [1.82, 2.24) is 20.4 Å². The van der Waals surface area contributed by atoms with Crippen LogP contribution < -0.4 is 48.5 Å². The Labute approximate surface area is 655 Å². The summed E-state index contributed by atoms with van der Waals surface area (Å²) < 4.78 is 207. The van der Waals surface area contributed by atoms with Gasteiger partial charge in [0.1, 0.15) is 149 Å². The van der Waals surface area contributed by atoms with Crippen molar-refractivity contribution in [3.05, 3.63) is 203 Å². The zero-order valence-corrected chi connectivity index (χ0v) is 60.9. The molecule has 7 atom stereocenters. The predicted octanol–water partition coefficient (Wildman–Crippen LogP) is 14.5. The van der Waals surface area contributed by atoms with E-state index in [9.17, 15) is 59.3 Å². The fourth-order valence-electron chi connectivity index (χ4n) is 14.2. The highest BCUT2D eigenvalue weighted by atomic mass is 19.4. The number of rotatable bonds is 30. The summed E-state index contributed by atoms with van der Waals surface area (Å²) in [5, 5.41) is 22.0. The molecule has 7 unspecified atom stereocenters. The van der Waals surface area contributed by atoms with Crippen molar-refractivity contribution < 1.29 is 135 Å². The minimum absolute atomic E-state index is 0.0476. The van der Waals surface area contributed by atoms with E-state index in [0.717, 1.165) is 41.7 Å². The molecule has 6 amide bonds. The summed E-state index contributed by atoms with van der Waals surface area (Å²) in [4.78, 5) is 96.6. The monoisotopic (exact) mass is 1620 g/mol. The maximum Gasteiger partial charge on any atom is 0.417 e. The molecule has 4 saturated heterocycles. The third-order valence-electron chi connectivity index (χ3n) is 20.2. The van der Waals surface area contributed by atoms with E-state index in [2.05, 4.69) is 0 Å². The van der Waals surface area contributed by atoms with Gasteiger partial charge in [-0.25, -0.2) is 0 Å². The second kappa shape index (κ2) is 30.1. The molecule has 11 aromatic rings. The number of fused-ring (bicyclic) bond motifs is 2. The summed E-state index contributed by atoms with van der Waals surface area (Å²) in [5.74, 6) is -10.9. The minimum Gasteiger partial charge on any atom is -0.508 e. The first-order chi connectivity index (χ1) is 56.0. The number of ether oxygens (including phenoxy) is 12. The molecular formula is C84H63F9N4O20. The van der Waals surface area contributed by atoms with Gasteiger partial charge >= 0.3 is 18.5 Å². The third kappa shape index (κ3) is 16.0. The number of halogens is 9. The average molecular weight is 1620 g/mol. The highest BCUT2D eigenvalue weighted by Gasteiger charge is 2.59. The SMILES string of the molecule is CC(NC(=O)C(Cc1ccc(O)cc1)N1C(=O)c2cc(Oc3cccc(OCC4CO4)c3)c3c4c(Oc5cccc(OCC6CO6)c5)cc5c6c(cc(Oc7cccc(OCC8CO8)c7)c(c7c(Oc8cccc(OCC9CO9)c8)cc(c2c37)C1=O)c64)C(=O)N(C(Cc1ccc(O)cc1)C(=O)NC(C(F)(F)F)C(F)(F)F)C5=O)C(F)(F)F. The molecule has 17 rings (SSSR count). The van der Waals surface area contributed by atoms with Gasteiger partial charge in [0.15, 0.2) is 0 Å². The molecule has 4 N–H and O–H groups in total. The Morgan fingerprint density at radius 3 is 0.906 bits per heavy atom. The zero-order chi connectivity index (χ0) is 81.7. The molecule has 0 aliphatic carbocycles. The Morgan fingerprint density at radius 1 is 0.385 bits per heavy atom. The summed E-state index contributed by atoms with van der Waals surface area (Å²) >= 11 is 0. The molecule has 117 heavy (non-hydrogen) atoms. The lowest BCUT2D eigenvalue weighted by Gasteiger charge is -2.36. The van der Waals surface area contributed by atoms with Gasteiger partial charge in [-0.1, -0.05) is 48.5 Å². The molecule has 4 fully saturated rings. The summed E-state index contributed by atoms with van der Waals surface area (Å²) in [6, 6.07) is 26.4. The fraction of sp³-hybridized carbons (Fsp3) is 0.262.